The number of nitrogens with two attached hydrogens (primary N) is 1. The number of aryl methyl sites for hydroxylation is 1. The van der Waals surface area contributed by atoms with Crippen LogP contribution in [0, 0.1) is 12.8 Å². The van der Waals surface area contributed by atoms with Gasteiger partial charge >= 0.3 is 12.1 Å². The topological polar surface area (TPSA) is 92.4 Å². The molecule has 1 amide bonds. The molecule has 0 bridgehead atoms. The number of hydrogen-bond donors (Lipinski definition) is 3. The molecule has 1 aliphatic carbocycles. The second-order valence-corrected chi connectivity index (χ2v) is 6.12. The number of carboxylic acids is 1. The summed E-state index contributed by atoms with van der Waals surface area (Å²) < 4.78 is 38.1. The number of primary amides is 1. The Morgan fingerprint density at radius 3 is 2.21 bits per heavy atom. The molecule has 1 aliphatic rings. The van der Waals surface area contributed by atoms with Gasteiger partial charge in [0.15, 0.2) is 0 Å². The first-order chi connectivity index (χ1) is 11.1. The van der Waals surface area contributed by atoms with Gasteiger partial charge in [-0.05, 0) is 50.3 Å². The number of carboxylic acid groups (broad SMARTS) is 1. The molecule has 0 heterocycles. The van der Waals surface area contributed by atoms with Crippen molar-refractivity contribution >= 4 is 17.6 Å². The Bertz CT molecular complexity index is 651. The largest absolute Gasteiger partial charge is 0.478 e. The molecule has 24 heavy (non-hydrogen) atoms. The zero-order valence-electron chi connectivity index (χ0n) is 13.1. The molecule has 0 aliphatic heterocycles. The van der Waals surface area contributed by atoms with Crippen LogP contribution in [0.15, 0.2) is 12.1 Å². The predicted molar refractivity (Wildman–Crippen MR) is 82.1 cm³/mol. The van der Waals surface area contributed by atoms with E-state index in [0.29, 0.717) is 18.4 Å². The number of benzene rings is 1. The minimum absolute atomic E-state index is 0.00468. The lowest BCUT2D eigenvalue weighted by molar-refractivity contribution is -0.182. The van der Waals surface area contributed by atoms with E-state index in [0.717, 1.165) is 0 Å². The van der Waals surface area contributed by atoms with Crippen molar-refractivity contribution in [2.45, 2.75) is 44.8 Å². The maximum atomic E-state index is 12.7. The van der Waals surface area contributed by atoms with E-state index >= 15 is 0 Å². The van der Waals surface area contributed by atoms with Gasteiger partial charge in [-0.1, -0.05) is 0 Å². The Morgan fingerprint density at radius 2 is 1.75 bits per heavy atom. The van der Waals surface area contributed by atoms with Crippen LogP contribution >= 0.6 is 0 Å². The van der Waals surface area contributed by atoms with Crippen molar-refractivity contribution in [3.05, 3.63) is 28.8 Å². The van der Waals surface area contributed by atoms with Crippen molar-refractivity contribution in [2.75, 3.05) is 5.32 Å². The van der Waals surface area contributed by atoms with Gasteiger partial charge in [0, 0.05) is 11.7 Å². The second kappa shape index (κ2) is 6.70. The average Bonchev–Trinajstić information content (AvgIpc) is 2.47. The van der Waals surface area contributed by atoms with Gasteiger partial charge in [0.2, 0.25) is 0 Å². The molecule has 1 saturated carbocycles. The number of carbonyl (C=O) groups excluding carboxylic acids is 1. The fourth-order valence-electron chi connectivity index (χ4n) is 3.05. The van der Waals surface area contributed by atoms with Gasteiger partial charge in [-0.15, -0.1) is 0 Å². The number of amides is 1. The lowest BCUT2D eigenvalue weighted by Gasteiger charge is -2.31. The second-order valence-electron chi connectivity index (χ2n) is 6.12. The van der Waals surface area contributed by atoms with Crippen molar-refractivity contribution in [1.82, 2.24) is 0 Å². The lowest BCUT2D eigenvalue weighted by atomic mass is 9.85. The summed E-state index contributed by atoms with van der Waals surface area (Å²) in [4.78, 5) is 22.8. The van der Waals surface area contributed by atoms with Gasteiger partial charge in [-0.2, -0.15) is 13.2 Å². The van der Waals surface area contributed by atoms with Crippen molar-refractivity contribution in [3.63, 3.8) is 0 Å². The molecule has 0 spiro atoms. The zero-order valence-corrected chi connectivity index (χ0v) is 13.1. The third kappa shape index (κ3) is 3.98. The van der Waals surface area contributed by atoms with E-state index in [1.807, 2.05) is 0 Å². The summed E-state index contributed by atoms with van der Waals surface area (Å²) in [6.07, 6.45) is -3.60. The minimum atomic E-state index is -4.19. The van der Waals surface area contributed by atoms with Crippen LogP contribution in [-0.2, 0) is 0 Å². The summed E-state index contributed by atoms with van der Waals surface area (Å²) >= 11 is 0. The highest BCUT2D eigenvalue weighted by molar-refractivity contribution is 6.01. The Kier molecular flexibility index (Phi) is 5.05. The molecule has 8 heteroatoms. The van der Waals surface area contributed by atoms with Crippen LogP contribution in [0.4, 0.5) is 18.9 Å². The number of halogens is 3. The molecular formula is C16H19F3N2O3. The smallest absolute Gasteiger partial charge is 0.391 e. The van der Waals surface area contributed by atoms with E-state index in [-0.39, 0.29) is 35.7 Å². The monoisotopic (exact) mass is 344 g/mol. The number of aromatic carboxylic acids is 1. The van der Waals surface area contributed by atoms with Gasteiger partial charge in [0.05, 0.1) is 17.0 Å². The molecule has 1 fully saturated rings. The van der Waals surface area contributed by atoms with Crippen molar-refractivity contribution in [1.29, 1.82) is 0 Å². The highest BCUT2D eigenvalue weighted by Gasteiger charge is 2.41. The summed E-state index contributed by atoms with van der Waals surface area (Å²) in [5, 5.41) is 12.2. The Hall–Kier alpha value is -2.25. The number of alkyl halides is 3. The molecule has 0 saturated heterocycles. The first-order valence-corrected chi connectivity index (χ1v) is 7.60. The number of rotatable bonds is 4. The van der Waals surface area contributed by atoms with E-state index in [9.17, 15) is 27.9 Å². The van der Waals surface area contributed by atoms with Gasteiger partial charge in [0.25, 0.3) is 5.91 Å². The molecule has 132 valence electrons. The standard InChI is InChI=1S/C16H19F3N2O3/c1-8-6-12(14(20)22)13(7-11(8)15(23)24)21-10-4-2-9(3-5-10)16(17,18)19/h6-7,9-10,21H,2-5H2,1H3,(H2,20,22)(H,23,24). The molecule has 0 radical (unpaired) electrons. The van der Waals surface area contributed by atoms with Crippen LogP contribution in [0.3, 0.4) is 0 Å². The summed E-state index contributed by atoms with van der Waals surface area (Å²) in [6.45, 7) is 1.55. The third-order valence-corrected chi connectivity index (χ3v) is 4.41. The van der Waals surface area contributed by atoms with E-state index in [1.54, 1.807) is 6.92 Å². The Labute approximate surface area is 137 Å². The van der Waals surface area contributed by atoms with Crippen LogP contribution in [0.5, 0.6) is 0 Å². The zero-order chi connectivity index (χ0) is 18.1. The molecule has 2 rings (SSSR count). The van der Waals surface area contributed by atoms with Crippen LogP contribution in [-0.4, -0.2) is 29.2 Å². The van der Waals surface area contributed by atoms with Gasteiger partial charge < -0.3 is 16.2 Å². The summed E-state index contributed by atoms with van der Waals surface area (Å²) in [6, 6.07) is 2.44. The molecular weight excluding hydrogens is 325 g/mol. The van der Waals surface area contributed by atoms with Gasteiger partial charge in [0.1, 0.15) is 0 Å². The molecule has 0 aromatic heterocycles. The average molecular weight is 344 g/mol. The lowest BCUT2D eigenvalue weighted by Crippen LogP contribution is -2.33. The maximum absolute atomic E-state index is 12.7. The van der Waals surface area contributed by atoms with E-state index < -0.39 is 24.0 Å². The van der Waals surface area contributed by atoms with Crippen molar-refractivity contribution in [3.8, 4) is 0 Å². The Balaban J connectivity index is 2.19. The molecule has 1 aromatic carbocycles. The van der Waals surface area contributed by atoms with E-state index in [4.69, 9.17) is 5.73 Å². The molecule has 1 aromatic rings. The fraction of sp³-hybridized carbons (Fsp3) is 0.500. The van der Waals surface area contributed by atoms with Crippen LogP contribution in [0.1, 0.15) is 52.0 Å². The number of hydrogen-bond acceptors (Lipinski definition) is 3. The fourth-order valence-corrected chi connectivity index (χ4v) is 3.05. The number of nitrogens with one attached hydrogen (secondary N) is 1. The van der Waals surface area contributed by atoms with Crippen LogP contribution in [0.25, 0.3) is 0 Å². The minimum Gasteiger partial charge on any atom is -0.478 e. The number of anilines is 1. The highest BCUT2D eigenvalue weighted by atomic mass is 19.4. The highest BCUT2D eigenvalue weighted by Crippen LogP contribution is 2.38. The molecule has 4 N–H and O–H groups in total. The molecule has 0 atom stereocenters. The molecule has 5 nitrogen and oxygen atoms in total. The van der Waals surface area contributed by atoms with Crippen molar-refractivity contribution < 1.29 is 27.9 Å². The summed E-state index contributed by atoms with van der Waals surface area (Å²) in [5.41, 5.74) is 6.12. The van der Waals surface area contributed by atoms with Crippen molar-refractivity contribution in [2.24, 2.45) is 11.7 Å². The quantitative estimate of drug-likeness (QED) is 0.781. The van der Waals surface area contributed by atoms with Gasteiger partial charge in [-0.25, -0.2) is 4.79 Å². The van der Waals surface area contributed by atoms with Gasteiger partial charge in [-0.3, -0.25) is 4.79 Å². The Morgan fingerprint density at radius 1 is 1.17 bits per heavy atom. The molecule has 0 unspecified atom stereocenters. The van der Waals surface area contributed by atoms with Crippen LogP contribution < -0.4 is 11.1 Å². The van der Waals surface area contributed by atoms with E-state index in [1.165, 1.54) is 12.1 Å². The normalized spacial score (nSPS) is 21.3. The maximum Gasteiger partial charge on any atom is 0.391 e. The first kappa shape index (κ1) is 18.1. The first-order valence-electron chi connectivity index (χ1n) is 7.60. The van der Waals surface area contributed by atoms with Crippen LogP contribution in [0.2, 0.25) is 0 Å². The third-order valence-electron chi connectivity index (χ3n) is 4.41. The van der Waals surface area contributed by atoms with E-state index in [2.05, 4.69) is 5.32 Å². The number of carbonyl (C=O) groups is 2. The summed E-state index contributed by atoms with van der Waals surface area (Å²) in [7, 11) is 0. The SMILES string of the molecule is Cc1cc(C(N)=O)c(NC2CCC(C(F)(F)F)CC2)cc1C(=O)O. The predicted octanol–water partition coefficient (Wildman–Crippen LogP) is 3.33. The summed E-state index contributed by atoms with van der Waals surface area (Å²) in [5.74, 6) is -3.17.